The van der Waals surface area contributed by atoms with Gasteiger partial charge in [-0.3, -0.25) is 0 Å². The predicted octanol–water partition coefficient (Wildman–Crippen LogP) is 5.42. The number of aromatic nitrogens is 3. The lowest BCUT2D eigenvalue weighted by atomic mass is 10.1. The first kappa shape index (κ1) is 15.9. The van der Waals surface area contributed by atoms with E-state index in [1.54, 1.807) is 0 Å². The van der Waals surface area contributed by atoms with Crippen LogP contribution < -0.4 is 0 Å². The van der Waals surface area contributed by atoms with Crippen molar-refractivity contribution in [2.24, 2.45) is 0 Å². The summed E-state index contributed by atoms with van der Waals surface area (Å²) >= 11 is 0. The molecule has 3 heteroatoms. The Hall–Kier alpha value is -3.33. The molecule has 0 N–H and O–H groups in total. The van der Waals surface area contributed by atoms with E-state index in [9.17, 15) is 0 Å². The SMILES string of the molecule is Cc1ccc(CC2=CCn3cccc3-c3cc(-c4ccccc4)nn32)cc1. The molecule has 0 saturated carbocycles. The molecule has 0 bridgehead atoms. The summed E-state index contributed by atoms with van der Waals surface area (Å²) in [6.07, 6.45) is 5.30. The molecule has 27 heavy (non-hydrogen) atoms. The number of benzene rings is 2. The van der Waals surface area contributed by atoms with E-state index in [-0.39, 0.29) is 0 Å². The van der Waals surface area contributed by atoms with Gasteiger partial charge in [0.15, 0.2) is 0 Å². The Balaban J connectivity index is 1.61. The molecule has 0 aliphatic carbocycles. The molecule has 0 fully saturated rings. The van der Waals surface area contributed by atoms with Crippen molar-refractivity contribution in [3.8, 4) is 22.6 Å². The molecule has 0 atom stereocenters. The normalized spacial score (nSPS) is 12.9. The number of aryl methyl sites for hydroxylation is 1. The van der Waals surface area contributed by atoms with Crippen molar-refractivity contribution in [2.45, 2.75) is 19.9 Å². The van der Waals surface area contributed by atoms with Crippen LogP contribution in [0.25, 0.3) is 28.3 Å². The summed E-state index contributed by atoms with van der Waals surface area (Å²) in [5, 5.41) is 4.99. The van der Waals surface area contributed by atoms with Gasteiger partial charge in [-0.1, -0.05) is 60.2 Å². The van der Waals surface area contributed by atoms with Gasteiger partial charge in [-0.2, -0.15) is 5.10 Å². The van der Waals surface area contributed by atoms with Gasteiger partial charge < -0.3 is 4.57 Å². The molecule has 0 amide bonds. The van der Waals surface area contributed by atoms with Crippen LogP contribution in [-0.4, -0.2) is 14.3 Å². The Morgan fingerprint density at radius 1 is 0.889 bits per heavy atom. The van der Waals surface area contributed by atoms with Crippen LogP contribution in [-0.2, 0) is 13.0 Å². The van der Waals surface area contributed by atoms with E-state index in [1.807, 2.05) is 6.07 Å². The van der Waals surface area contributed by atoms with Crippen LogP contribution in [0.5, 0.6) is 0 Å². The molecule has 2 aromatic carbocycles. The van der Waals surface area contributed by atoms with Gasteiger partial charge in [-0.15, -0.1) is 0 Å². The highest BCUT2D eigenvalue weighted by Gasteiger charge is 2.19. The van der Waals surface area contributed by atoms with E-state index < -0.39 is 0 Å². The van der Waals surface area contributed by atoms with Crippen LogP contribution in [0, 0.1) is 6.92 Å². The zero-order valence-corrected chi connectivity index (χ0v) is 15.3. The number of rotatable bonds is 3. The summed E-state index contributed by atoms with van der Waals surface area (Å²) in [5.41, 5.74) is 8.33. The van der Waals surface area contributed by atoms with Gasteiger partial charge in [0.2, 0.25) is 0 Å². The summed E-state index contributed by atoms with van der Waals surface area (Å²) in [6, 6.07) is 25.6. The second kappa shape index (κ2) is 6.44. The van der Waals surface area contributed by atoms with E-state index >= 15 is 0 Å². The minimum absolute atomic E-state index is 0.869. The molecule has 1 aliphatic heterocycles. The standard InChI is InChI=1S/C24H21N3/c1-18-9-11-19(12-10-18)16-21-13-15-26-14-5-8-23(26)24-17-22(25-27(21)24)20-6-3-2-4-7-20/h2-14,17H,15-16H2,1H3. The number of hydrogen-bond acceptors (Lipinski definition) is 1. The van der Waals surface area contributed by atoms with Gasteiger partial charge in [0.1, 0.15) is 0 Å². The fraction of sp³-hybridized carbons (Fsp3) is 0.125. The molecule has 1 aliphatic rings. The highest BCUT2D eigenvalue weighted by molar-refractivity contribution is 5.72. The molecular weight excluding hydrogens is 330 g/mol. The van der Waals surface area contributed by atoms with Crippen LogP contribution >= 0.6 is 0 Å². The lowest BCUT2D eigenvalue weighted by Gasteiger charge is -2.10. The zero-order valence-electron chi connectivity index (χ0n) is 15.3. The van der Waals surface area contributed by atoms with E-state index in [1.165, 1.54) is 22.5 Å². The fourth-order valence-electron chi connectivity index (χ4n) is 3.69. The number of fused-ring (bicyclic) bond motifs is 3. The van der Waals surface area contributed by atoms with E-state index in [4.69, 9.17) is 5.10 Å². The molecule has 132 valence electrons. The van der Waals surface area contributed by atoms with Crippen LogP contribution in [0.2, 0.25) is 0 Å². The zero-order chi connectivity index (χ0) is 18.2. The second-order valence-corrected chi connectivity index (χ2v) is 7.10. The van der Waals surface area contributed by atoms with Crippen LogP contribution in [0.4, 0.5) is 0 Å². The Kier molecular flexibility index (Phi) is 3.79. The van der Waals surface area contributed by atoms with Gasteiger partial charge in [0.25, 0.3) is 0 Å². The third-order valence-corrected chi connectivity index (χ3v) is 5.17. The Morgan fingerprint density at radius 3 is 2.52 bits per heavy atom. The average Bonchev–Trinajstić information content (AvgIpc) is 3.32. The first-order valence-corrected chi connectivity index (χ1v) is 9.34. The van der Waals surface area contributed by atoms with Crippen molar-refractivity contribution in [1.29, 1.82) is 0 Å². The van der Waals surface area contributed by atoms with Crippen molar-refractivity contribution in [1.82, 2.24) is 14.3 Å². The summed E-state index contributed by atoms with van der Waals surface area (Å²) in [5.74, 6) is 0. The molecule has 3 nitrogen and oxygen atoms in total. The van der Waals surface area contributed by atoms with Crippen LogP contribution in [0.3, 0.4) is 0 Å². The maximum absolute atomic E-state index is 4.99. The van der Waals surface area contributed by atoms with E-state index in [0.29, 0.717) is 0 Å². The van der Waals surface area contributed by atoms with Gasteiger partial charge in [-0.25, -0.2) is 4.68 Å². The summed E-state index contributed by atoms with van der Waals surface area (Å²) in [6.45, 7) is 2.99. The fourth-order valence-corrected chi connectivity index (χ4v) is 3.69. The lowest BCUT2D eigenvalue weighted by molar-refractivity contribution is 0.843. The second-order valence-electron chi connectivity index (χ2n) is 7.10. The summed E-state index contributed by atoms with van der Waals surface area (Å²) in [7, 11) is 0. The molecule has 5 rings (SSSR count). The van der Waals surface area contributed by atoms with E-state index in [2.05, 4.69) is 95.2 Å². The molecule has 0 unspecified atom stereocenters. The quantitative estimate of drug-likeness (QED) is 0.483. The number of nitrogens with zero attached hydrogens (tertiary/aromatic N) is 3. The van der Waals surface area contributed by atoms with Crippen molar-refractivity contribution < 1.29 is 0 Å². The largest absolute Gasteiger partial charge is 0.342 e. The van der Waals surface area contributed by atoms with Gasteiger partial charge in [0.05, 0.1) is 17.1 Å². The molecule has 0 radical (unpaired) electrons. The third kappa shape index (κ3) is 2.91. The van der Waals surface area contributed by atoms with Crippen molar-refractivity contribution in [3.63, 3.8) is 0 Å². The molecule has 2 aromatic heterocycles. The lowest BCUT2D eigenvalue weighted by Crippen LogP contribution is -2.04. The predicted molar refractivity (Wildman–Crippen MR) is 110 cm³/mol. The van der Waals surface area contributed by atoms with Crippen molar-refractivity contribution in [2.75, 3.05) is 0 Å². The first-order chi connectivity index (χ1) is 13.3. The van der Waals surface area contributed by atoms with Crippen LogP contribution in [0.15, 0.2) is 85.1 Å². The smallest absolute Gasteiger partial charge is 0.0934 e. The molecule has 0 saturated heterocycles. The monoisotopic (exact) mass is 351 g/mol. The van der Waals surface area contributed by atoms with Gasteiger partial charge in [-0.05, 0) is 36.8 Å². The van der Waals surface area contributed by atoms with Crippen molar-refractivity contribution in [3.05, 3.63) is 96.2 Å². The molecular formula is C24H21N3. The van der Waals surface area contributed by atoms with Gasteiger partial charge >= 0.3 is 0 Å². The average molecular weight is 351 g/mol. The third-order valence-electron chi connectivity index (χ3n) is 5.17. The molecule has 4 aromatic rings. The minimum Gasteiger partial charge on any atom is -0.342 e. The maximum Gasteiger partial charge on any atom is 0.0934 e. The van der Waals surface area contributed by atoms with Gasteiger partial charge in [0, 0.05) is 30.4 Å². The minimum atomic E-state index is 0.869. The Bertz CT molecular complexity index is 1110. The maximum atomic E-state index is 4.99. The number of hydrogen-bond donors (Lipinski definition) is 0. The highest BCUT2D eigenvalue weighted by Crippen LogP contribution is 2.32. The molecule has 0 spiro atoms. The first-order valence-electron chi connectivity index (χ1n) is 9.34. The molecule has 3 heterocycles. The highest BCUT2D eigenvalue weighted by atomic mass is 15.3. The number of allylic oxidation sites excluding steroid dienone is 2. The Morgan fingerprint density at radius 2 is 1.70 bits per heavy atom. The summed E-state index contributed by atoms with van der Waals surface area (Å²) in [4.78, 5) is 0. The van der Waals surface area contributed by atoms with Crippen molar-refractivity contribution >= 4 is 5.70 Å². The summed E-state index contributed by atoms with van der Waals surface area (Å²) < 4.78 is 4.41. The van der Waals surface area contributed by atoms with E-state index in [0.717, 1.165) is 29.9 Å². The van der Waals surface area contributed by atoms with Crippen LogP contribution in [0.1, 0.15) is 11.1 Å². The Labute approximate surface area is 159 Å². The topological polar surface area (TPSA) is 22.8 Å².